The van der Waals surface area contributed by atoms with Gasteiger partial charge in [0, 0.05) is 5.56 Å². The van der Waals surface area contributed by atoms with E-state index < -0.39 is 0 Å². The van der Waals surface area contributed by atoms with Gasteiger partial charge in [0.15, 0.2) is 18.1 Å². The van der Waals surface area contributed by atoms with Gasteiger partial charge in [-0.05, 0) is 36.8 Å². The largest absolute Gasteiger partial charge is 0.493 e. The van der Waals surface area contributed by atoms with Crippen molar-refractivity contribution in [3.63, 3.8) is 0 Å². The van der Waals surface area contributed by atoms with E-state index in [1.807, 2.05) is 37.3 Å². The molecule has 124 valence electrons. The number of rotatable bonds is 6. The maximum atomic E-state index is 5.71. The van der Waals surface area contributed by atoms with E-state index in [2.05, 4.69) is 10.1 Å². The molecule has 0 bridgehead atoms. The van der Waals surface area contributed by atoms with Gasteiger partial charge in [0.1, 0.15) is 5.75 Å². The molecule has 0 saturated heterocycles. The summed E-state index contributed by atoms with van der Waals surface area (Å²) in [5, 5.41) is 3.99. The topological polar surface area (TPSA) is 66.6 Å². The fourth-order valence-corrected chi connectivity index (χ4v) is 2.26. The van der Waals surface area contributed by atoms with Crippen molar-refractivity contribution in [1.29, 1.82) is 0 Å². The highest BCUT2D eigenvalue weighted by molar-refractivity contribution is 5.60. The van der Waals surface area contributed by atoms with E-state index in [0.29, 0.717) is 23.2 Å². The lowest BCUT2D eigenvalue weighted by Gasteiger charge is -2.07. The average molecular weight is 326 g/mol. The molecule has 1 aromatic heterocycles. The van der Waals surface area contributed by atoms with E-state index in [-0.39, 0.29) is 6.61 Å². The Morgan fingerprint density at radius 2 is 1.75 bits per heavy atom. The third kappa shape index (κ3) is 3.32. The zero-order valence-electron chi connectivity index (χ0n) is 13.8. The molecule has 0 aliphatic carbocycles. The summed E-state index contributed by atoms with van der Waals surface area (Å²) in [6.07, 6.45) is 0. The van der Waals surface area contributed by atoms with Crippen LogP contribution in [0, 0.1) is 6.92 Å². The van der Waals surface area contributed by atoms with Crippen LogP contribution in [0.25, 0.3) is 11.4 Å². The molecule has 0 amide bonds. The van der Waals surface area contributed by atoms with Gasteiger partial charge in [-0.2, -0.15) is 4.98 Å². The Hall–Kier alpha value is -3.02. The maximum Gasteiger partial charge on any atom is 0.264 e. The van der Waals surface area contributed by atoms with Gasteiger partial charge < -0.3 is 18.7 Å². The van der Waals surface area contributed by atoms with Crippen LogP contribution in [0.2, 0.25) is 0 Å². The molecule has 6 heteroatoms. The summed E-state index contributed by atoms with van der Waals surface area (Å²) >= 11 is 0. The first kappa shape index (κ1) is 15.9. The molecule has 0 spiro atoms. The Balaban J connectivity index is 1.75. The van der Waals surface area contributed by atoms with E-state index in [4.69, 9.17) is 18.7 Å². The van der Waals surface area contributed by atoms with Crippen molar-refractivity contribution in [3.8, 4) is 28.6 Å². The van der Waals surface area contributed by atoms with Crippen LogP contribution in [0.4, 0.5) is 0 Å². The van der Waals surface area contributed by atoms with Gasteiger partial charge in [0.2, 0.25) is 5.82 Å². The summed E-state index contributed by atoms with van der Waals surface area (Å²) in [7, 11) is 3.17. The standard InChI is InChI=1S/C18H18N2O4/c1-12-6-4-5-7-14(12)23-11-17-19-18(20-24-17)13-8-9-15(21-2)16(10-13)22-3/h4-10H,11H2,1-3H3. The number of hydrogen-bond acceptors (Lipinski definition) is 6. The second-order valence-electron chi connectivity index (χ2n) is 5.14. The van der Waals surface area contributed by atoms with Gasteiger partial charge in [-0.15, -0.1) is 0 Å². The second kappa shape index (κ2) is 7.04. The summed E-state index contributed by atoms with van der Waals surface area (Å²) in [5.74, 6) is 2.93. The summed E-state index contributed by atoms with van der Waals surface area (Å²) < 4.78 is 21.5. The van der Waals surface area contributed by atoms with Gasteiger partial charge in [-0.1, -0.05) is 23.4 Å². The van der Waals surface area contributed by atoms with Crippen molar-refractivity contribution >= 4 is 0 Å². The lowest BCUT2D eigenvalue weighted by Crippen LogP contribution is -1.97. The van der Waals surface area contributed by atoms with Crippen LogP contribution in [0.1, 0.15) is 11.5 Å². The second-order valence-corrected chi connectivity index (χ2v) is 5.14. The number of hydrogen-bond donors (Lipinski definition) is 0. The van der Waals surface area contributed by atoms with Gasteiger partial charge in [0.25, 0.3) is 5.89 Å². The zero-order chi connectivity index (χ0) is 16.9. The summed E-state index contributed by atoms with van der Waals surface area (Å²) in [4.78, 5) is 4.36. The highest BCUT2D eigenvalue weighted by Gasteiger charge is 2.12. The minimum atomic E-state index is 0.213. The summed E-state index contributed by atoms with van der Waals surface area (Å²) in [6, 6.07) is 13.2. The molecule has 0 aliphatic heterocycles. The number of benzene rings is 2. The first-order valence-electron chi connectivity index (χ1n) is 7.44. The number of aromatic nitrogens is 2. The first-order valence-corrected chi connectivity index (χ1v) is 7.44. The fraction of sp³-hybridized carbons (Fsp3) is 0.222. The Morgan fingerprint density at radius 3 is 2.50 bits per heavy atom. The quantitative estimate of drug-likeness (QED) is 0.689. The van der Waals surface area contributed by atoms with Crippen molar-refractivity contribution in [2.24, 2.45) is 0 Å². The van der Waals surface area contributed by atoms with Gasteiger partial charge in [-0.25, -0.2) is 0 Å². The van der Waals surface area contributed by atoms with E-state index in [1.54, 1.807) is 26.4 Å². The third-order valence-electron chi connectivity index (χ3n) is 3.55. The Labute approximate surface area is 140 Å². The molecular weight excluding hydrogens is 308 g/mol. The Morgan fingerprint density at radius 1 is 0.958 bits per heavy atom. The molecule has 0 saturated carbocycles. The molecule has 0 radical (unpaired) electrons. The molecule has 0 N–H and O–H groups in total. The highest BCUT2D eigenvalue weighted by Crippen LogP contribution is 2.31. The number of methoxy groups -OCH3 is 2. The molecule has 24 heavy (non-hydrogen) atoms. The maximum absolute atomic E-state index is 5.71. The minimum Gasteiger partial charge on any atom is -0.493 e. The summed E-state index contributed by atoms with van der Waals surface area (Å²) in [6.45, 7) is 2.20. The lowest BCUT2D eigenvalue weighted by molar-refractivity contribution is 0.242. The molecular formula is C18H18N2O4. The van der Waals surface area contributed by atoms with E-state index in [9.17, 15) is 0 Å². The molecule has 1 heterocycles. The summed E-state index contributed by atoms with van der Waals surface area (Å²) in [5.41, 5.74) is 1.83. The fourth-order valence-electron chi connectivity index (χ4n) is 2.26. The smallest absolute Gasteiger partial charge is 0.264 e. The van der Waals surface area contributed by atoms with Crippen molar-refractivity contribution in [1.82, 2.24) is 10.1 Å². The van der Waals surface area contributed by atoms with Gasteiger partial charge in [-0.3, -0.25) is 0 Å². The van der Waals surface area contributed by atoms with Crippen molar-refractivity contribution in [2.75, 3.05) is 14.2 Å². The Kier molecular flexibility index (Phi) is 4.65. The van der Waals surface area contributed by atoms with Crippen molar-refractivity contribution in [2.45, 2.75) is 13.5 Å². The lowest BCUT2D eigenvalue weighted by atomic mass is 10.2. The van der Waals surface area contributed by atoms with Crippen LogP contribution < -0.4 is 14.2 Å². The van der Waals surface area contributed by atoms with Crippen LogP contribution in [-0.4, -0.2) is 24.4 Å². The molecule has 2 aromatic carbocycles. The van der Waals surface area contributed by atoms with Crippen LogP contribution >= 0.6 is 0 Å². The normalized spacial score (nSPS) is 10.5. The average Bonchev–Trinajstić information content (AvgIpc) is 3.09. The number of nitrogens with zero attached hydrogens (tertiary/aromatic N) is 2. The number of para-hydroxylation sites is 1. The Bertz CT molecular complexity index is 829. The highest BCUT2D eigenvalue weighted by atomic mass is 16.5. The predicted molar refractivity (Wildman–Crippen MR) is 88.3 cm³/mol. The van der Waals surface area contributed by atoms with Crippen LogP contribution in [0.15, 0.2) is 47.0 Å². The zero-order valence-corrected chi connectivity index (χ0v) is 13.8. The molecule has 0 unspecified atom stereocenters. The number of ether oxygens (including phenoxy) is 3. The predicted octanol–water partition coefficient (Wildman–Crippen LogP) is 3.64. The van der Waals surface area contributed by atoms with Crippen LogP contribution in [-0.2, 0) is 6.61 Å². The number of aryl methyl sites for hydroxylation is 1. The molecule has 6 nitrogen and oxygen atoms in total. The SMILES string of the molecule is COc1ccc(-c2noc(COc3ccccc3C)n2)cc1OC. The monoisotopic (exact) mass is 326 g/mol. The van der Waals surface area contributed by atoms with Crippen LogP contribution in [0.3, 0.4) is 0 Å². The van der Waals surface area contributed by atoms with E-state index >= 15 is 0 Å². The van der Waals surface area contributed by atoms with Gasteiger partial charge >= 0.3 is 0 Å². The van der Waals surface area contributed by atoms with E-state index in [0.717, 1.165) is 16.9 Å². The third-order valence-corrected chi connectivity index (χ3v) is 3.55. The minimum absolute atomic E-state index is 0.213. The van der Waals surface area contributed by atoms with E-state index in [1.165, 1.54) is 0 Å². The molecule has 0 atom stereocenters. The van der Waals surface area contributed by atoms with Crippen molar-refractivity contribution in [3.05, 3.63) is 53.9 Å². The first-order chi connectivity index (χ1) is 11.7. The van der Waals surface area contributed by atoms with Crippen LogP contribution in [0.5, 0.6) is 17.2 Å². The van der Waals surface area contributed by atoms with Crippen molar-refractivity contribution < 1.29 is 18.7 Å². The molecule has 3 rings (SSSR count). The molecule has 3 aromatic rings. The molecule has 0 aliphatic rings. The van der Waals surface area contributed by atoms with Gasteiger partial charge in [0.05, 0.1) is 14.2 Å². The molecule has 0 fully saturated rings.